The van der Waals surface area contributed by atoms with Gasteiger partial charge in [-0.3, -0.25) is 14.0 Å². The van der Waals surface area contributed by atoms with Gasteiger partial charge in [0.1, 0.15) is 17.2 Å². The molecule has 1 N–H and O–H groups in total. The summed E-state index contributed by atoms with van der Waals surface area (Å²) in [5.41, 5.74) is -0.555. The van der Waals surface area contributed by atoms with Crippen molar-refractivity contribution in [3.05, 3.63) is 90.8 Å². The van der Waals surface area contributed by atoms with Crippen molar-refractivity contribution in [1.29, 1.82) is 0 Å². The number of carbonyl (C=O) groups is 2. The fourth-order valence-electron chi connectivity index (χ4n) is 4.69. The van der Waals surface area contributed by atoms with E-state index in [1.165, 1.54) is 28.8 Å². The Morgan fingerprint density at radius 3 is 2.53 bits per heavy atom. The van der Waals surface area contributed by atoms with Gasteiger partial charge in [0.15, 0.2) is 5.69 Å². The van der Waals surface area contributed by atoms with Gasteiger partial charge in [0.25, 0.3) is 5.91 Å². The topological polar surface area (TPSA) is 92.5 Å². The van der Waals surface area contributed by atoms with E-state index >= 15 is 0 Å². The summed E-state index contributed by atoms with van der Waals surface area (Å²) in [7, 11) is 0. The predicted molar refractivity (Wildman–Crippen MR) is 134 cm³/mol. The minimum atomic E-state index is -4.74. The van der Waals surface area contributed by atoms with Crippen LogP contribution >= 0.6 is 0 Å². The van der Waals surface area contributed by atoms with Gasteiger partial charge in [-0.05, 0) is 49.6 Å². The minimum Gasteiger partial charge on any atom is -0.329 e. The molecule has 1 atom stereocenters. The molecule has 5 rings (SSSR count). The van der Waals surface area contributed by atoms with Crippen molar-refractivity contribution in [3.63, 3.8) is 0 Å². The van der Waals surface area contributed by atoms with Gasteiger partial charge in [-0.2, -0.15) is 13.2 Å². The zero-order valence-corrected chi connectivity index (χ0v) is 20.2. The molecular formula is C27H23F3N6O2. The number of halogens is 3. The number of fused-ring (bicyclic) bond motifs is 1. The third-order valence-electron chi connectivity index (χ3n) is 6.44. The minimum absolute atomic E-state index is 0.0636. The highest BCUT2D eigenvalue weighted by Gasteiger charge is 2.39. The summed E-state index contributed by atoms with van der Waals surface area (Å²) < 4.78 is 43.6. The van der Waals surface area contributed by atoms with E-state index in [2.05, 4.69) is 26.8 Å². The Hall–Kier alpha value is -4.54. The highest BCUT2D eigenvalue weighted by molar-refractivity contribution is 6.04. The van der Waals surface area contributed by atoms with E-state index in [1.807, 2.05) is 0 Å². The van der Waals surface area contributed by atoms with Crippen molar-refractivity contribution in [2.24, 2.45) is 0 Å². The maximum absolute atomic E-state index is 14.1. The number of nitrogens with one attached hydrogen (secondary N) is 1. The Labute approximate surface area is 215 Å². The summed E-state index contributed by atoms with van der Waals surface area (Å²) in [6.07, 6.45) is 2.65. The molecule has 38 heavy (non-hydrogen) atoms. The van der Waals surface area contributed by atoms with Crippen LogP contribution < -0.4 is 5.32 Å². The molecule has 0 bridgehead atoms. The summed E-state index contributed by atoms with van der Waals surface area (Å²) in [6, 6.07) is 10.7. The number of likely N-dealkylation sites (tertiary alicyclic amines) is 1. The number of hydrogen-bond donors (Lipinski definition) is 1. The number of pyridine rings is 1. The van der Waals surface area contributed by atoms with Crippen LogP contribution in [-0.4, -0.2) is 42.6 Å². The molecule has 3 aromatic heterocycles. The van der Waals surface area contributed by atoms with E-state index in [9.17, 15) is 22.8 Å². The van der Waals surface area contributed by atoms with Crippen LogP contribution in [0.15, 0.2) is 73.7 Å². The largest absolute Gasteiger partial charge is 0.435 e. The molecule has 1 unspecified atom stereocenters. The number of carbonyl (C=O) groups excluding carboxylic acids is 2. The van der Waals surface area contributed by atoms with Crippen LogP contribution in [-0.2, 0) is 11.0 Å². The summed E-state index contributed by atoms with van der Waals surface area (Å²) in [5, 5.41) is 2.67. The quantitative estimate of drug-likeness (QED) is 0.361. The fourth-order valence-corrected chi connectivity index (χ4v) is 4.69. The molecule has 8 nitrogen and oxygen atoms in total. The third kappa shape index (κ3) is 4.74. The second-order valence-corrected chi connectivity index (χ2v) is 8.80. The Kier molecular flexibility index (Phi) is 6.66. The lowest BCUT2D eigenvalue weighted by atomic mass is 10.0. The lowest BCUT2D eigenvalue weighted by Crippen LogP contribution is -2.38. The molecule has 1 aromatic carbocycles. The number of aromatic nitrogens is 4. The van der Waals surface area contributed by atoms with E-state index < -0.39 is 23.8 Å². The van der Waals surface area contributed by atoms with E-state index in [0.717, 1.165) is 19.0 Å². The first-order valence-electron chi connectivity index (χ1n) is 12.0. The lowest BCUT2D eigenvalue weighted by Gasteiger charge is -2.34. The van der Waals surface area contributed by atoms with Crippen molar-refractivity contribution in [3.8, 4) is 11.3 Å². The molecule has 11 heteroatoms. The van der Waals surface area contributed by atoms with Gasteiger partial charge in [0.05, 0.1) is 11.7 Å². The first kappa shape index (κ1) is 25.1. The zero-order chi connectivity index (χ0) is 26.9. The van der Waals surface area contributed by atoms with Gasteiger partial charge >= 0.3 is 6.18 Å². The number of amides is 2. The number of nitrogens with zero attached hydrogens (tertiary/aromatic N) is 5. The normalized spacial score (nSPS) is 15.9. The van der Waals surface area contributed by atoms with Crippen LogP contribution in [0, 0.1) is 0 Å². The van der Waals surface area contributed by atoms with Gasteiger partial charge in [-0.25, -0.2) is 15.0 Å². The highest BCUT2D eigenvalue weighted by atomic mass is 19.4. The number of piperidine rings is 1. The molecule has 0 aliphatic carbocycles. The number of rotatable bonds is 5. The molecule has 1 aliphatic rings. The summed E-state index contributed by atoms with van der Waals surface area (Å²) in [5.74, 6) is -0.0291. The molecule has 0 spiro atoms. The fraction of sp³-hybridized carbons (Fsp3) is 0.222. The van der Waals surface area contributed by atoms with Crippen LogP contribution in [0.25, 0.3) is 16.8 Å². The van der Waals surface area contributed by atoms with Crippen LogP contribution in [0.2, 0.25) is 0 Å². The van der Waals surface area contributed by atoms with Crippen molar-refractivity contribution < 1.29 is 22.8 Å². The second kappa shape index (κ2) is 10.1. The van der Waals surface area contributed by atoms with Gasteiger partial charge < -0.3 is 10.2 Å². The van der Waals surface area contributed by atoms with Crippen molar-refractivity contribution >= 4 is 23.1 Å². The SMILES string of the molecule is C=CC(=O)N1CCCCC1c1nc(-c2ccc(C(=O)Nc3ccccn3)cc2)c2c(C(F)(F)F)nccn12. The molecule has 194 valence electrons. The lowest BCUT2D eigenvalue weighted by molar-refractivity contribution is -0.140. The van der Waals surface area contributed by atoms with Gasteiger partial charge in [-0.1, -0.05) is 24.8 Å². The Morgan fingerprint density at radius 1 is 1.05 bits per heavy atom. The predicted octanol–water partition coefficient (Wildman–Crippen LogP) is 5.30. The number of anilines is 1. The van der Waals surface area contributed by atoms with E-state index in [-0.39, 0.29) is 17.1 Å². The van der Waals surface area contributed by atoms with Crippen molar-refractivity contribution in [2.45, 2.75) is 31.5 Å². The smallest absolute Gasteiger partial charge is 0.329 e. The van der Waals surface area contributed by atoms with Crippen molar-refractivity contribution in [1.82, 2.24) is 24.3 Å². The molecule has 1 aliphatic heterocycles. The first-order chi connectivity index (χ1) is 18.3. The van der Waals surface area contributed by atoms with Gasteiger partial charge in [0.2, 0.25) is 5.91 Å². The van der Waals surface area contributed by atoms with Crippen LogP contribution in [0.4, 0.5) is 19.0 Å². The van der Waals surface area contributed by atoms with E-state index in [4.69, 9.17) is 0 Å². The number of imidazole rings is 1. The molecule has 1 saturated heterocycles. The zero-order valence-electron chi connectivity index (χ0n) is 20.2. The highest BCUT2D eigenvalue weighted by Crippen LogP contribution is 2.39. The Morgan fingerprint density at radius 2 is 1.84 bits per heavy atom. The van der Waals surface area contributed by atoms with Crippen LogP contribution in [0.1, 0.15) is 47.2 Å². The maximum Gasteiger partial charge on any atom is 0.435 e. The number of benzene rings is 1. The Balaban J connectivity index is 1.59. The molecule has 0 saturated carbocycles. The van der Waals surface area contributed by atoms with Crippen molar-refractivity contribution in [2.75, 3.05) is 11.9 Å². The van der Waals surface area contributed by atoms with E-state index in [1.54, 1.807) is 41.4 Å². The second-order valence-electron chi connectivity index (χ2n) is 8.80. The Bertz CT molecular complexity index is 1500. The number of alkyl halides is 3. The number of hydrogen-bond acceptors (Lipinski definition) is 5. The standard InChI is InChI=1S/C27H23F3N6O2/c1-2-21(37)35-15-6-4-7-19(35)25-34-22(23-24(27(28,29)30)32-14-16-36(23)25)17-9-11-18(12-10-17)26(38)33-20-8-3-5-13-31-20/h2-3,5,8-14,16,19H,1,4,6-7,15H2,(H,31,33,38). The summed E-state index contributed by atoms with van der Waals surface area (Å²) in [4.78, 5) is 39.1. The average Bonchev–Trinajstić information content (AvgIpc) is 3.32. The molecule has 1 fully saturated rings. The molecule has 4 heterocycles. The summed E-state index contributed by atoms with van der Waals surface area (Å²) >= 11 is 0. The monoisotopic (exact) mass is 520 g/mol. The van der Waals surface area contributed by atoms with E-state index in [0.29, 0.717) is 35.7 Å². The molecule has 2 amide bonds. The maximum atomic E-state index is 14.1. The molecular weight excluding hydrogens is 497 g/mol. The molecule has 0 radical (unpaired) electrons. The molecule has 4 aromatic rings. The van der Waals surface area contributed by atoms with Gasteiger partial charge in [-0.15, -0.1) is 0 Å². The first-order valence-corrected chi connectivity index (χ1v) is 12.0. The summed E-state index contributed by atoms with van der Waals surface area (Å²) in [6.45, 7) is 4.02. The van der Waals surface area contributed by atoms with Gasteiger partial charge in [0, 0.05) is 36.3 Å². The van der Waals surface area contributed by atoms with Crippen LogP contribution in [0.5, 0.6) is 0 Å². The van der Waals surface area contributed by atoms with Crippen LogP contribution in [0.3, 0.4) is 0 Å². The third-order valence-corrected chi connectivity index (χ3v) is 6.44. The average molecular weight is 521 g/mol.